The minimum Gasteiger partial charge on any atom is -0.362 e. The highest BCUT2D eigenvalue weighted by atomic mass is 32.2. The lowest BCUT2D eigenvalue weighted by Crippen LogP contribution is -2.31. The molecule has 8 heteroatoms. The third-order valence-corrected chi connectivity index (χ3v) is 6.28. The number of methoxy groups -OCH3 is 1. The molecule has 3 heterocycles. The van der Waals surface area contributed by atoms with Gasteiger partial charge in [0.05, 0.1) is 4.90 Å². The van der Waals surface area contributed by atoms with Crippen molar-refractivity contribution in [2.24, 2.45) is 0 Å². The van der Waals surface area contributed by atoms with Crippen molar-refractivity contribution in [2.75, 3.05) is 18.6 Å². The van der Waals surface area contributed by atoms with E-state index in [9.17, 15) is 8.42 Å². The number of ether oxygens (including phenoxy) is 1. The number of fused-ring (bicyclic) bond motifs is 1. The molecule has 0 spiro atoms. The molecule has 1 aromatic carbocycles. The van der Waals surface area contributed by atoms with E-state index >= 15 is 0 Å². The lowest BCUT2D eigenvalue weighted by atomic mass is 10.3. The van der Waals surface area contributed by atoms with E-state index in [1.165, 1.54) is 12.5 Å². The van der Waals surface area contributed by atoms with Crippen LogP contribution in [0.25, 0.3) is 11.0 Å². The van der Waals surface area contributed by atoms with E-state index < -0.39 is 9.84 Å². The van der Waals surface area contributed by atoms with Crippen molar-refractivity contribution in [3.8, 4) is 0 Å². The molecule has 7 nitrogen and oxygen atoms in total. The maximum absolute atomic E-state index is 12.9. The summed E-state index contributed by atoms with van der Waals surface area (Å²) in [5, 5.41) is 0. The van der Waals surface area contributed by atoms with E-state index in [1.807, 2.05) is 4.90 Å². The summed E-state index contributed by atoms with van der Waals surface area (Å²) in [5.41, 5.74) is 1.01. The quantitative estimate of drug-likeness (QED) is 0.770. The Morgan fingerprint density at radius 3 is 2.80 bits per heavy atom. The van der Waals surface area contributed by atoms with E-state index in [0.717, 1.165) is 19.4 Å². The van der Waals surface area contributed by atoms with Gasteiger partial charge in [-0.25, -0.2) is 18.4 Å². The second-order valence-electron chi connectivity index (χ2n) is 5.92. The molecule has 0 bridgehead atoms. The lowest BCUT2D eigenvalue weighted by molar-refractivity contribution is 0.111. The van der Waals surface area contributed by atoms with Crippen LogP contribution >= 0.6 is 0 Å². The summed E-state index contributed by atoms with van der Waals surface area (Å²) in [6.45, 7) is 0.810. The highest BCUT2D eigenvalue weighted by Crippen LogP contribution is 2.33. The fraction of sp³-hybridized carbons (Fsp3) is 0.294. The Morgan fingerprint density at radius 1 is 1.24 bits per heavy atom. The lowest BCUT2D eigenvalue weighted by Gasteiger charge is -2.24. The van der Waals surface area contributed by atoms with Crippen LogP contribution < -0.4 is 4.90 Å². The van der Waals surface area contributed by atoms with Crippen molar-refractivity contribution < 1.29 is 13.2 Å². The number of hydrogen-bond acceptors (Lipinski definition) is 6. The first-order chi connectivity index (χ1) is 12.1. The Balaban J connectivity index is 1.85. The van der Waals surface area contributed by atoms with Gasteiger partial charge in [-0.1, -0.05) is 18.2 Å². The van der Waals surface area contributed by atoms with Gasteiger partial charge < -0.3 is 14.6 Å². The van der Waals surface area contributed by atoms with Crippen LogP contribution in [-0.2, 0) is 14.6 Å². The van der Waals surface area contributed by atoms with Gasteiger partial charge in [-0.3, -0.25) is 0 Å². The largest absolute Gasteiger partial charge is 0.362 e. The molecule has 1 aliphatic heterocycles. The third-order valence-electron chi connectivity index (χ3n) is 4.49. The normalized spacial score (nSPS) is 18.1. The molecular weight excluding hydrogens is 340 g/mol. The van der Waals surface area contributed by atoms with Crippen LogP contribution in [0.1, 0.15) is 12.8 Å². The molecule has 1 aliphatic rings. The van der Waals surface area contributed by atoms with Crippen molar-refractivity contribution in [1.29, 1.82) is 0 Å². The molecule has 2 aromatic heterocycles. The molecule has 0 radical (unpaired) electrons. The summed E-state index contributed by atoms with van der Waals surface area (Å²) in [6.07, 6.45) is 4.75. The fourth-order valence-corrected chi connectivity index (χ4v) is 4.67. The summed E-state index contributed by atoms with van der Waals surface area (Å²) in [7, 11) is -1.98. The van der Waals surface area contributed by atoms with Gasteiger partial charge in [-0.05, 0) is 25.0 Å². The monoisotopic (exact) mass is 358 g/mol. The predicted molar refractivity (Wildman–Crippen MR) is 93.2 cm³/mol. The Hall–Kier alpha value is -2.45. The molecule has 25 heavy (non-hydrogen) atoms. The van der Waals surface area contributed by atoms with Gasteiger partial charge in [-0.2, -0.15) is 0 Å². The minimum atomic E-state index is -3.65. The van der Waals surface area contributed by atoms with Crippen LogP contribution in [0.2, 0.25) is 0 Å². The maximum Gasteiger partial charge on any atom is 0.210 e. The fourth-order valence-electron chi connectivity index (χ4n) is 3.27. The van der Waals surface area contributed by atoms with Crippen LogP contribution in [0.4, 0.5) is 5.82 Å². The number of nitrogens with zero attached hydrogens (tertiary/aromatic N) is 3. The van der Waals surface area contributed by atoms with Gasteiger partial charge in [0.15, 0.2) is 5.82 Å². The second-order valence-corrected chi connectivity index (χ2v) is 7.83. The Labute approximate surface area is 145 Å². The van der Waals surface area contributed by atoms with Crippen molar-refractivity contribution in [3.05, 3.63) is 42.9 Å². The van der Waals surface area contributed by atoms with Gasteiger partial charge in [0.2, 0.25) is 9.84 Å². The number of hydrogen-bond donors (Lipinski definition) is 1. The molecule has 4 rings (SSSR count). The van der Waals surface area contributed by atoms with Crippen molar-refractivity contribution in [2.45, 2.75) is 28.9 Å². The topological polar surface area (TPSA) is 88.2 Å². The van der Waals surface area contributed by atoms with E-state index in [4.69, 9.17) is 4.74 Å². The highest BCUT2D eigenvalue weighted by Gasteiger charge is 2.29. The molecule has 1 fully saturated rings. The number of H-pyrrole nitrogens is 1. The SMILES string of the molecule is CO[C@@H]1CCCN1c1ncnc2c(S(=O)(=O)c3ccccc3)c[nH]c12. The predicted octanol–water partition coefficient (Wildman–Crippen LogP) is 2.36. The van der Waals surface area contributed by atoms with Crippen LogP contribution in [0.15, 0.2) is 52.6 Å². The highest BCUT2D eigenvalue weighted by molar-refractivity contribution is 7.91. The smallest absolute Gasteiger partial charge is 0.210 e. The number of aromatic nitrogens is 3. The number of nitrogens with one attached hydrogen (secondary N) is 1. The standard InChI is InChI=1S/C17H18N4O3S/c1-24-14-8-5-9-21(14)17-16-15(19-11-20-17)13(10-18-16)25(22,23)12-6-3-2-4-7-12/h2-4,6-7,10-11,14,18H,5,8-9H2,1H3/t14-/m1/s1. The van der Waals surface area contributed by atoms with Gasteiger partial charge in [0.25, 0.3) is 0 Å². The van der Waals surface area contributed by atoms with Crippen molar-refractivity contribution in [1.82, 2.24) is 15.0 Å². The summed E-state index contributed by atoms with van der Waals surface area (Å²) in [5.74, 6) is 0.670. The minimum absolute atomic E-state index is 0.0596. The summed E-state index contributed by atoms with van der Waals surface area (Å²) in [4.78, 5) is 14.1. The zero-order chi connectivity index (χ0) is 17.4. The first kappa shape index (κ1) is 16.0. The summed E-state index contributed by atoms with van der Waals surface area (Å²) < 4.78 is 31.4. The first-order valence-electron chi connectivity index (χ1n) is 8.04. The number of sulfone groups is 1. The first-order valence-corrected chi connectivity index (χ1v) is 9.53. The molecule has 130 valence electrons. The summed E-state index contributed by atoms with van der Waals surface area (Å²) in [6, 6.07) is 8.35. The van der Waals surface area contributed by atoms with Crippen molar-refractivity contribution >= 4 is 26.7 Å². The zero-order valence-electron chi connectivity index (χ0n) is 13.7. The zero-order valence-corrected chi connectivity index (χ0v) is 14.5. The van der Waals surface area contributed by atoms with E-state index in [2.05, 4.69) is 15.0 Å². The van der Waals surface area contributed by atoms with Crippen LogP contribution in [0.5, 0.6) is 0 Å². The van der Waals surface area contributed by atoms with Crippen LogP contribution in [-0.4, -0.2) is 43.3 Å². The van der Waals surface area contributed by atoms with Gasteiger partial charge in [0, 0.05) is 19.9 Å². The Kier molecular flexibility index (Phi) is 3.93. The van der Waals surface area contributed by atoms with Gasteiger partial charge >= 0.3 is 0 Å². The molecule has 0 saturated carbocycles. The van der Waals surface area contributed by atoms with E-state index in [1.54, 1.807) is 37.4 Å². The average molecular weight is 358 g/mol. The van der Waals surface area contributed by atoms with Crippen molar-refractivity contribution in [3.63, 3.8) is 0 Å². The maximum atomic E-state index is 12.9. The number of rotatable bonds is 4. The third kappa shape index (κ3) is 2.58. The molecule has 0 amide bonds. The van der Waals surface area contributed by atoms with Gasteiger partial charge in [-0.15, -0.1) is 0 Å². The number of aromatic amines is 1. The van der Waals surface area contributed by atoms with Gasteiger partial charge in [0.1, 0.15) is 28.5 Å². The molecule has 0 unspecified atom stereocenters. The molecule has 0 aliphatic carbocycles. The Morgan fingerprint density at radius 2 is 2.04 bits per heavy atom. The summed E-state index contributed by atoms with van der Waals surface area (Å²) >= 11 is 0. The second kappa shape index (κ2) is 6.12. The molecule has 3 aromatic rings. The van der Waals surface area contributed by atoms with E-state index in [-0.39, 0.29) is 16.0 Å². The number of benzene rings is 1. The Bertz CT molecular complexity index is 1000. The molecule has 1 N–H and O–H groups in total. The molecule has 1 atom stereocenters. The molecular formula is C17H18N4O3S. The molecule has 1 saturated heterocycles. The van der Waals surface area contributed by atoms with Crippen LogP contribution in [0.3, 0.4) is 0 Å². The average Bonchev–Trinajstić information content (AvgIpc) is 3.29. The van der Waals surface area contributed by atoms with Crippen LogP contribution in [0, 0.1) is 0 Å². The number of anilines is 1. The van der Waals surface area contributed by atoms with E-state index in [0.29, 0.717) is 16.9 Å².